The maximum absolute atomic E-state index is 6.08. The molecule has 2 nitrogen and oxygen atoms in total. The molecule has 3 heteroatoms. The number of hydrogen-bond acceptors (Lipinski definition) is 2. The van der Waals surface area contributed by atoms with Crippen molar-refractivity contribution < 1.29 is 0 Å². The maximum atomic E-state index is 6.08. The molecule has 0 saturated carbocycles. The molecule has 1 aromatic rings. The molecule has 0 bridgehead atoms. The first-order valence-corrected chi connectivity index (χ1v) is 7.56. The first-order valence-electron chi connectivity index (χ1n) is 7.18. The summed E-state index contributed by atoms with van der Waals surface area (Å²) in [7, 11) is 2.16. The standard InChI is InChI=1S/C16H27ClN2/c1-5-7-12(2)16(11-18)19(4)13(3)14-8-6-9-15(17)10-14/h6,8-10,12-13,16H,5,7,11,18H2,1-4H3. The van der Waals surface area contributed by atoms with Gasteiger partial charge in [0, 0.05) is 23.7 Å². The third-order valence-corrected chi connectivity index (χ3v) is 4.34. The van der Waals surface area contributed by atoms with Gasteiger partial charge in [0.2, 0.25) is 0 Å². The van der Waals surface area contributed by atoms with Gasteiger partial charge in [-0.3, -0.25) is 4.90 Å². The maximum Gasteiger partial charge on any atom is 0.0409 e. The van der Waals surface area contributed by atoms with Gasteiger partial charge in [0.15, 0.2) is 0 Å². The van der Waals surface area contributed by atoms with Gasteiger partial charge in [0.25, 0.3) is 0 Å². The first kappa shape index (κ1) is 16.5. The zero-order valence-corrected chi connectivity index (χ0v) is 13.3. The van der Waals surface area contributed by atoms with Gasteiger partial charge in [0.05, 0.1) is 0 Å². The quantitative estimate of drug-likeness (QED) is 0.816. The lowest BCUT2D eigenvalue weighted by Crippen LogP contribution is -2.43. The fraction of sp³-hybridized carbons (Fsp3) is 0.625. The molecule has 0 aromatic heterocycles. The molecule has 0 aliphatic rings. The summed E-state index contributed by atoms with van der Waals surface area (Å²) in [6, 6.07) is 8.83. The van der Waals surface area contributed by atoms with E-state index >= 15 is 0 Å². The van der Waals surface area contributed by atoms with Crippen LogP contribution in [0.15, 0.2) is 24.3 Å². The minimum Gasteiger partial charge on any atom is -0.329 e. The van der Waals surface area contributed by atoms with Crippen LogP contribution in [-0.2, 0) is 0 Å². The Hall–Kier alpha value is -0.570. The van der Waals surface area contributed by atoms with Gasteiger partial charge >= 0.3 is 0 Å². The minimum absolute atomic E-state index is 0.326. The summed E-state index contributed by atoms with van der Waals surface area (Å²) in [5.41, 5.74) is 7.23. The van der Waals surface area contributed by atoms with Crippen molar-refractivity contribution in [1.29, 1.82) is 0 Å². The normalized spacial score (nSPS) is 16.4. The van der Waals surface area contributed by atoms with Crippen molar-refractivity contribution in [1.82, 2.24) is 4.90 Å². The zero-order valence-electron chi connectivity index (χ0n) is 12.6. The Balaban J connectivity index is 2.81. The van der Waals surface area contributed by atoms with Crippen LogP contribution in [0.5, 0.6) is 0 Å². The average molecular weight is 283 g/mol. The van der Waals surface area contributed by atoms with E-state index in [0.717, 1.165) is 5.02 Å². The van der Waals surface area contributed by atoms with E-state index in [0.29, 0.717) is 24.5 Å². The lowest BCUT2D eigenvalue weighted by atomic mass is 9.93. The van der Waals surface area contributed by atoms with Crippen LogP contribution in [0.4, 0.5) is 0 Å². The van der Waals surface area contributed by atoms with Crippen LogP contribution < -0.4 is 5.73 Å². The van der Waals surface area contributed by atoms with Crippen LogP contribution in [0.3, 0.4) is 0 Å². The number of hydrogen-bond donors (Lipinski definition) is 1. The topological polar surface area (TPSA) is 29.3 Å². The molecular formula is C16H27ClN2. The summed E-state index contributed by atoms with van der Waals surface area (Å²) < 4.78 is 0. The van der Waals surface area contributed by atoms with Gasteiger partial charge in [-0.2, -0.15) is 0 Å². The molecule has 1 aromatic carbocycles. The molecule has 0 aliphatic carbocycles. The third kappa shape index (κ3) is 4.48. The lowest BCUT2D eigenvalue weighted by Gasteiger charge is -2.36. The highest BCUT2D eigenvalue weighted by Gasteiger charge is 2.24. The van der Waals surface area contributed by atoms with Gasteiger partial charge in [-0.25, -0.2) is 0 Å². The van der Waals surface area contributed by atoms with E-state index in [9.17, 15) is 0 Å². The number of likely N-dealkylation sites (N-methyl/N-ethyl adjacent to an activating group) is 1. The molecule has 1 rings (SSSR count). The molecule has 0 radical (unpaired) electrons. The molecule has 108 valence electrons. The number of nitrogens with two attached hydrogens (primary N) is 1. The van der Waals surface area contributed by atoms with Crippen LogP contribution in [0.2, 0.25) is 5.02 Å². The largest absolute Gasteiger partial charge is 0.329 e. The highest BCUT2D eigenvalue weighted by Crippen LogP contribution is 2.26. The van der Waals surface area contributed by atoms with E-state index in [2.05, 4.69) is 38.8 Å². The number of halogens is 1. The molecule has 19 heavy (non-hydrogen) atoms. The average Bonchev–Trinajstić information content (AvgIpc) is 2.39. The predicted octanol–water partition coefficient (Wildman–Crippen LogP) is 4.10. The number of rotatable bonds is 7. The Kier molecular flexibility index (Phi) is 6.84. The minimum atomic E-state index is 0.326. The van der Waals surface area contributed by atoms with Gasteiger partial charge in [-0.15, -0.1) is 0 Å². The second-order valence-corrected chi connectivity index (χ2v) is 5.90. The Morgan fingerprint density at radius 2 is 2.00 bits per heavy atom. The third-order valence-electron chi connectivity index (χ3n) is 4.11. The van der Waals surface area contributed by atoms with Crippen molar-refractivity contribution in [2.75, 3.05) is 13.6 Å². The van der Waals surface area contributed by atoms with E-state index in [-0.39, 0.29) is 0 Å². The van der Waals surface area contributed by atoms with Crippen molar-refractivity contribution in [3.8, 4) is 0 Å². The molecule has 0 saturated heterocycles. The second kappa shape index (κ2) is 7.88. The van der Waals surface area contributed by atoms with Crippen molar-refractivity contribution >= 4 is 11.6 Å². The summed E-state index contributed by atoms with van der Waals surface area (Å²) in [5.74, 6) is 0.613. The molecule has 0 aliphatic heterocycles. The summed E-state index contributed by atoms with van der Waals surface area (Å²) in [5, 5.41) is 0.795. The Bertz CT molecular complexity index is 381. The highest BCUT2D eigenvalue weighted by molar-refractivity contribution is 6.30. The first-order chi connectivity index (χ1) is 9.01. The Morgan fingerprint density at radius 1 is 1.32 bits per heavy atom. The Morgan fingerprint density at radius 3 is 2.53 bits per heavy atom. The summed E-state index contributed by atoms with van der Waals surface area (Å²) in [4.78, 5) is 2.38. The molecule has 2 N–H and O–H groups in total. The van der Waals surface area contributed by atoms with Crippen LogP contribution in [0.1, 0.15) is 45.2 Å². The van der Waals surface area contributed by atoms with Gasteiger partial charge < -0.3 is 5.73 Å². The second-order valence-electron chi connectivity index (χ2n) is 5.47. The molecule has 0 spiro atoms. The van der Waals surface area contributed by atoms with Crippen LogP contribution in [0.25, 0.3) is 0 Å². The predicted molar refractivity (Wildman–Crippen MR) is 84.5 cm³/mol. The molecule has 0 amide bonds. The van der Waals surface area contributed by atoms with Crippen molar-refractivity contribution in [2.45, 2.75) is 45.7 Å². The summed E-state index contributed by atoms with van der Waals surface area (Å²) in [6.45, 7) is 7.43. The molecular weight excluding hydrogens is 256 g/mol. The highest BCUT2D eigenvalue weighted by atomic mass is 35.5. The van der Waals surface area contributed by atoms with Crippen LogP contribution in [0, 0.1) is 5.92 Å². The van der Waals surface area contributed by atoms with E-state index in [1.54, 1.807) is 0 Å². The van der Waals surface area contributed by atoms with E-state index in [1.807, 2.05) is 18.2 Å². The number of nitrogens with zero attached hydrogens (tertiary/aromatic N) is 1. The molecule has 0 fully saturated rings. The molecule has 3 atom stereocenters. The van der Waals surface area contributed by atoms with Gasteiger partial charge in [0.1, 0.15) is 0 Å². The van der Waals surface area contributed by atoms with E-state index < -0.39 is 0 Å². The molecule has 0 heterocycles. The smallest absolute Gasteiger partial charge is 0.0409 e. The van der Waals surface area contributed by atoms with Crippen LogP contribution in [-0.4, -0.2) is 24.5 Å². The van der Waals surface area contributed by atoms with Gasteiger partial charge in [-0.1, -0.05) is 44.0 Å². The molecule has 3 unspecified atom stereocenters. The van der Waals surface area contributed by atoms with E-state index in [4.69, 9.17) is 17.3 Å². The van der Waals surface area contributed by atoms with Crippen molar-refractivity contribution in [2.24, 2.45) is 11.7 Å². The van der Waals surface area contributed by atoms with Crippen molar-refractivity contribution in [3.63, 3.8) is 0 Å². The SMILES string of the molecule is CCCC(C)C(CN)N(C)C(C)c1cccc(Cl)c1. The fourth-order valence-corrected chi connectivity index (χ4v) is 2.94. The van der Waals surface area contributed by atoms with E-state index in [1.165, 1.54) is 18.4 Å². The van der Waals surface area contributed by atoms with Crippen molar-refractivity contribution in [3.05, 3.63) is 34.9 Å². The lowest BCUT2D eigenvalue weighted by molar-refractivity contribution is 0.138. The summed E-state index contributed by atoms with van der Waals surface area (Å²) in [6.07, 6.45) is 2.42. The monoisotopic (exact) mass is 282 g/mol. The fourth-order valence-electron chi connectivity index (χ4n) is 2.74. The summed E-state index contributed by atoms with van der Waals surface area (Å²) >= 11 is 6.08. The van der Waals surface area contributed by atoms with Crippen LogP contribution >= 0.6 is 11.6 Å². The zero-order chi connectivity index (χ0) is 14.4. The Labute approximate surface area is 122 Å². The van der Waals surface area contributed by atoms with Gasteiger partial charge in [-0.05, 0) is 44.0 Å². The number of benzene rings is 1.